The maximum Gasteiger partial charge on any atom is 0.0994 e. The SMILES string of the molecule is C#CC/N=C\C(C)=C\C. The molecule has 0 radical (unpaired) electrons. The van der Waals surface area contributed by atoms with Gasteiger partial charge in [0.15, 0.2) is 0 Å². The van der Waals surface area contributed by atoms with Crippen LogP contribution in [0.5, 0.6) is 0 Å². The quantitative estimate of drug-likeness (QED) is 0.389. The number of terminal acetylenes is 1. The Labute approximate surface area is 56.5 Å². The Morgan fingerprint density at radius 1 is 1.78 bits per heavy atom. The van der Waals surface area contributed by atoms with Crippen molar-refractivity contribution < 1.29 is 0 Å². The molecule has 0 amide bonds. The minimum Gasteiger partial charge on any atom is -0.280 e. The topological polar surface area (TPSA) is 12.4 Å². The molecule has 48 valence electrons. The predicted octanol–water partition coefficient (Wildman–Crippen LogP) is 1.66. The van der Waals surface area contributed by atoms with E-state index in [9.17, 15) is 0 Å². The zero-order valence-corrected chi connectivity index (χ0v) is 5.89. The fourth-order valence-corrected chi connectivity index (χ4v) is 0.317. The lowest BCUT2D eigenvalue weighted by atomic mass is 10.3. The fourth-order valence-electron chi connectivity index (χ4n) is 0.317. The predicted molar refractivity (Wildman–Crippen MR) is 41.6 cm³/mol. The summed E-state index contributed by atoms with van der Waals surface area (Å²) >= 11 is 0. The van der Waals surface area contributed by atoms with Crippen LogP contribution in [0.15, 0.2) is 16.6 Å². The van der Waals surface area contributed by atoms with Gasteiger partial charge in [0.1, 0.15) is 0 Å². The van der Waals surface area contributed by atoms with E-state index in [1.165, 1.54) is 0 Å². The maximum absolute atomic E-state index is 4.97. The van der Waals surface area contributed by atoms with Crippen LogP contribution in [0.4, 0.5) is 0 Å². The lowest BCUT2D eigenvalue weighted by Crippen LogP contribution is -1.78. The van der Waals surface area contributed by atoms with E-state index in [2.05, 4.69) is 10.9 Å². The van der Waals surface area contributed by atoms with Gasteiger partial charge in [-0.25, -0.2) is 0 Å². The number of aliphatic imine (C=N–C) groups is 1. The third-order valence-electron chi connectivity index (χ3n) is 0.933. The van der Waals surface area contributed by atoms with Crippen LogP contribution in [0.25, 0.3) is 0 Å². The van der Waals surface area contributed by atoms with Gasteiger partial charge >= 0.3 is 0 Å². The molecule has 0 aliphatic heterocycles. The van der Waals surface area contributed by atoms with E-state index < -0.39 is 0 Å². The van der Waals surface area contributed by atoms with Gasteiger partial charge in [-0.05, 0) is 19.4 Å². The second-order valence-electron chi connectivity index (χ2n) is 1.71. The third-order valence-corrected chi connectivity index (χ3v) is 0.933. The number of nitrogens with zero attached hydrogens (tertiary/aromatic N) is 1. The standard InChI is InChI=1S/C8H11N/c1-4-6-9-7-8(3)5-2/h1,5,7H,6H2,2-3H3/b8-5+,9-7-. The molecule has 1 nitrogen and oxygen atoms in total. The minimum atomic E-state index is 0.477. The van der Waals surface area contributed by atoms with Gasteiger partial charge in [-0.3, -0.25) is 4.99 Å². The van der Waals surface area contributed by atoms with Crippen molar-refractivity contribution in [2.24, 2.45) is 4.99 Å². The summed E-state index contributed by atoms with van der Waals surface area (Å²) in [6.45, 7) is 4.43. The van der Waals surface area contributed by atoms with Crippen molar-refractivity contribution in [3.8, 4) is 12.3 Å². The fraction of sp³-hybridized carbons (Fsp3) is 0.375. The van der Waals surface area contributed by atoms with Crippen LogP contribution in [0, 0.1) is 12.3 Å². The van der Waals surface area contributed by atoms with Crippen molar-refractivity contribution in [3.05, 3.63) is 11.6 Å². The van der Waals surface area contributed by atoms with Crippen LogP contribution >= 0.6 is 0 Å². The first-order valence-electron chi connectivity index (χ1n) is 2.87. The average molecular weight is 121 g/mol. The van der Waals surface area contributed by atoms with E-state index in [4.69, 9.17) is 6.42 Å². The molecule has 0 spiro atoms. The Kier molecular flexibility index (Phi) is 4.53. The van der Waals surface area contributed by atoms with E-state index >= 15 is 0 Å². The smallest absolute Gasteiger partial charge is 0.0994 e. The summed E-state index contributed by atoms with van der Waals surface area (Å²) < 4.78 is 0. The van der Waals surface area contributed by atoms with Gasteiger partial charge in [0.2, 0.25) is 0 Å². The van der Waals surface area contributed by atoms with Gasteiger partial charge in [-0.2, -0.15) is 0 Å². The van der Waals surface area contributed by atoms with Gasteiger partial charge in [0, 0.05) is 6.21 Å². The maximum atomic E-state index is 4.97. The molecule has 0 unspecified atom stereocenters. The lowest BCUT2D eigenvalue weighted by Gasteiger charge is -1.83. The van der Waals surface area contributed by atoms with Crippen molar-refractivity contribution >= 4 is 6.21 Å². The first-order chi connectivity index (χ1) is 4.31. The molecule has 0 saturated heterocycles. The second-order valence-corrected chi connectivity index (χ2v) is 1.71. The molecule has 0 saturated carbocycles. The molecular weight excluding hydrogens is 110 g/mol. The summed E-state index contributed by atoms with van der Waals surface area (Å²) in [5, 5.41) is 0. The third kappa shape index (κ3) is 4.83. The van der Waals surface area contributed by atoms with Crippen LogP contribution in [-0.2, 0) is 0 Å². The Balaban J connectivity index is 3.61. The summed E-state index contributed by atoms with van der Waals surface area (Å²) in [6, 6.07) is 0. The van der Waals surface area contributed by atoms with Gasteiger partial charge < -0.3 is 0 Å². The molecule has 0 bridgehead atoms. The van der Waals surface area contributed by atoms with Gasteiger partial charge in [0.05, 0.1) is 6.54 Å². The molecule has 0 N–H and O–H groups in total. The Morgan fingerprint density at radius 3 is 2.89 bits per heavy atom. The van der Waals surface area contributed by atoms with E-state index in [-0.39, 0.29) is 0 Å². The summed E-state index contributed by atoms with van der Waals surface area (Å²) in [4.78, 5) is 3.93. The first-order valence-corrected chi connectivity index (χ1v) is 2.87. The van der Waals surface area contributed by atoms with Crippen molar-refractivity contribution in [2.75, 3.05) is 6.54 Å². The highest BCUT2D eigenvalue weighted by Crippen LogP contribution is 1.84. The molecule has 0 heterocycles. The molecule has 0 aromatic heterocycles. The highest BCUT2D eigenvalue weighted by molar-refractivity contribution is 5.77. The molecule has 0 aromatic rings. The van der Waals surface area contributed by atoms with Crippen molar-refractivity contribution in [1.82, 2.24) is 0 Å². The molecule has 1 heteroatoms. The van der Waals surface area contributed by atoms with E-state index in [1.807, 2.05) is 19.9 Å². The van der Waals surface area contributed by atoms with Crippen LogP contribution < -0.4 is 0 Å². The lowest BCUT2D eigenvalue weighted by molar-refractivity contribution is 1.30. The molecule has 0 aromatic carbocycles. The molecule has 0 fully saturated rings. The summed E-state index contributed by atoms with van der Waals surface area (Å²) in [7, 11) is 0. The second kappa shape index (κ2) is 5.11. The molecule has 0 aliphatic rings. The highest BCUT2D eigenvalue weighted by Gasteiger charge is 1.74. The van der Waals surface area contributed by atoms with Crippen LogP contribution in [0.1, 0.15) is 13.8 Å². The van der Waals surface area contributed by atoms with E-state index in [1.54, 1.807) is 6.21 Å². The van der Waals surface area contributed by atoms with E-state index in [0.29, 0.717) is 6.54 Å². The molecule has 9 heavy (non-hydrogen) atoms. The van der Waals surface area contributed by atoms with Crippen LogP contribution in [0.2, 0.25) is 0 Å². The number of hydrogen-bond donors (Lipinski definition) is 0. The van der Waals surface area contributed by atoms with Crippen molar-refractivity contribution in [1.29, 1.82) is 0 Å². The zero-order valence-electron chi connectivity index (χ0n) is 5.89. The summed E-state index contributed by atoms with van der Waals surface area (Å²) in [5.74, 6) is 2.42. The van der Waals surface area contributed by atoms with Crippen molar-refractivity contribution in [2.45, 2.75) is 13.8 Å². The molecule has 0 atom stereocenters. The van der Waals surface area contributed by atoms with Crippen LogP contribution in [-0.4, -0.2) is 12.8 Å². The van der Waals surface area contributed by atoms with Gasteiger partial charge in [-0.1, -0.05) is 12.0 Å². The Morgan fingerprint density at radius 2 is 2.44 bits per heavy atom. The number of allylic oxidation sites excluding steroid dienone is 2. The Bertz CT molecular complexity index is 158. The largest absolute Gasteiger partial charge is 0.280 e. The monoisotopic (exact) mass is 121 g/mol. The molecule has 0 aliphatic carbocycles. The van der Waals surface area contributed by atoms with Crippen LogP contribution in [0.3, 0.4) is 0 Å². The van der Waals surface area contributed by atoms with Gasteiger partial charge in [0.25, 0.3) is 0 Å². The van der Waals surface area contributed by atoms with E-state index in [0.717, 1.165) is 5.57 Å². The minimum absolute atomic E-state index is 0.477. The number of hydrogen-bond acceptors (Lipinski definition) is 1. The van der Waals surface area contributed by atoms with Gasteiger partial charge in [-0.15, -0.1) is 6.42 Å². The van der Waals surface area contributed by atoms with Crippen molar-refractivity contribution in [3.63, 3.8) is 0 Å². The molecule has 0 rings (SSSR count). The number of rotatable bonds is 2. The Hall–Kier alpha value is -1.03. The summed E-state index contributed by atoms with van der Waals surface area (Å²) in [5.41, 5.74) is 1.14. The molecular formula is C8H11N. The first kappa shape index (κ1) is 7.97. The average Bonchev–Trinajstić information content (AvgIpc) is 1.89. The highest BCUT2D eigenvalue weighted by atomic mass is 14.7. The zero-order chi connectivity index (χ0) is 7.11. The normalized spacial score (nSPS) is 11.9. The summed E-state index contributed by atoms with van der Waals surface area (Å²) in [6.07, 6.45) is 8.74.